The van der Waals surface area contributed by atoms with Crippen molar-refractivity contribution in [1.29, 1.82) is 0 Å². The van der Waals surface area contributed by atoms with Gasteiger partial charge in [0.15, 0.2) is 5.69 Å². The van der Waals surface area contributed by atoms with Gasteiger partial charge in [-0.05, 0) is 23.6 Å². The molecule has 1 saturated heterocycles. The van der Waals surface area contributed by atoms with E-state index < -0.39 is 0 Å². The Labute approximate surface area is 200 Å². The van der Waals surface area contributed by atoms with Crippen LogP contribution in [0.5, 0.6) is 0 Å². The average molecular weight is 458 g/mol. The highest BCUT2D eigenvalue weighted by Crippen LogP contribution is 2.34. The van der Waals surface area contributed by atoms with E-state index in [0.29, 0.717) is 12.3 Å². The number of pyridine rings is 1. The molecule has 34 heavy (non-hydrogen) atoms. The van der Waals surface area contributed by atoms with E-state index in [9.17, 15) is 4.79 Å². The first kappa shape index (κ1) is 23.5. The van der Waals surface area contributed by atoms with Crippen LogP contribution in [0.15, 0.2) is 41.2 Å². The van der Waals surface area contributed by atoms with E-state index in [1.54, 1.807) is 12.3 Å². The van der Waals surface area contributed by atoms with E-state index in [4.69, 9.17) is 10.9 Å². The summed E-state index contributed by atoms with van der Waals surface area (Å²) in [5.41, 5.74) is 6.07. The molecule has 7 heteroatoms. The number of carbonyl (C=O) groups excluding carboxylic acids is 1. The standard InChI is InChI=1S/C27H31N5O2/c1-6-19-15-29-17-23(32-11-9-28-10-12-32)25(19)20-7-8-21(18(2)13-20)16-30-26(33)22-14-24(34-31-22)27(3,4)5/h1,7-8,13-15,17,28H,9-12,16H2,2-5H3,(H,30,33). The quantitative estimate of drug-likeness (QED) is 0.569. The lowest BCUT2D eigenvalue weighted by molar-refractivity contribution is 0.0941. The predicted octanol–water partition coefficient (Wildman–Crippen LogP) is 3.66. The minimum Gasteiger partial charge on any atom is -0.367 e. The van der Waals surface area contributed by atoms with Gasteiger partial charge in [0.25, 0.3) is 5.91 Å². The van der Waals surface area contributed by atoms with Crippen LogP contribution in [0.2, 0.25) is 0 Å². The van der Waals surface area contributed by atoms with Crippen molar-refractivity contribution in [2.24, 2.45) is 0 Å². The van der Waals surface area contributed by atoms with Gasteiger partial charge in [0, 0.05) is 56.0 Å². The number of anilines is 1. The summed E-state index contributed by atoms with van der Waals surface area (Å²) in [4.78, 5) is 19.3. The lowest BCUT2D eigenvalue weighted by Gasteiger charge is -2.31. The number of hydrogen-bond acceptors (Lipinski definition) is 6. The molecule has 0 aliphatic carbocycles. The summed E-state index contributed by atoms with van der Waals surface area (Å²) in [6.45, 7) is 12.2. The van der Waals surface area contributed by atoms with Gasteiger partial charge in [-0.25, -0.2) is 0 Å². The SMILES string of the molecule is C#Cc1cncc(N2CCNCC2)c1-c1ccc(CNC(=O)c2cc(C(C)(C)C)on2)c(C)c1. The third-order valence-electron chi connectivity index (χ3n) is 6.09. The molecule has 1 fully saturated rings. The molecule has 3 heterocycles. The van der Waals surface area contributed by atoms with E-state index in [2.05, 4.69) is 43.7 Å². The first-order chi connectivity index (χ1) is 16.3. The number of rotatable bonds is 5. The van der Waals surface area contributed by atoms with E-state index in [1.165, 1.54) is 0 Å². The van der Waals surface area contributed by atoms with Gasteiger partial charge in [-0.3, -0.25) is 9.78 Å². The average Bonchev–Trinajstić information content (AvgIpc) is 3.34. The molecular formula is C27H31N5O2. The summed E-state index contributed by atoms with van der Waals surface area (Å²) in [5.74, 6) is 3.22. The summed E-state index contributed by atoms with van der Waals surface area (Å²) in [6, 6.07) is 7.92. The lowest BCUT2D eigenvalue weighted by Crippen LogP contribution is -2.43. The first-order valence-electron chi connectivity index (χ1n) is 11.5. The molecule has 176 valence electrons. The normalized spacial score (nSPS) is 14.0. The maximum absolute atomic E-state index is 12.6. The van der Waals surface area contributed by atoms with E-state index in [0.717, 1.165) is 59.7 Å². The Bertz CT molecular complexity index is 1230. The topological polar surface area (TPSA) is 83.3 Å². The number of benzene rings is 1. The van der Waals surface area contributed by atoms with Gasteiger partial charge in [-0.15, -0.1) is 6.42 Å². The molecule has 0 atom stereocenters. The Balaban J connectivity index is 1.54. The van der Waals surface area contributed by atoms with E-state index in [-0.39, 0.29) is 17.0 Å². The second-order valence-electron chi connectivity index (χ2n) is 9.61. The molecule has 1 amide bonds. The van der Waals surface area contributed by atoms with Gasteiger partial charge in [0.2, 0.25) is 0 Å². The second kappa shape index (κ2) is 9.70. The van der Waals surface area contributed by atoms with Crippen molar-refractivity contribution < 1.29 is 9.32 Å². The Kier molecular flexibility index (Phi) is 6.71. The number of aryl methyl sites for hydroxylation is 1. The highest BCUT2D eigenvalue weighted by atomic mass is 16.5. The number of carbonyl (C=O) groups is 1. The molecule has 0 unspecified atom stereocenters. The fraction of sp³-hybridized carbons (Fsp3) is 0.370. The zero-order valence-electron chi connectivity index (χ0n) is 20.2. The molecule has 1 aliphatic heterocycles. The molecule has 2 aromatic heterocycles. The molecule has 0 saturated carbocycles. The Morgan fingerprint density at radius 2 is 2.00 bits per heavy atom. The number of nitrogens with one attached hydrogen (secondary N) is 2. The van der Waals surface area contributed by atoms with Gasteiger partial charge < -0.3 is 20.1 Å². The molecule has 2 N–H and O–H groups in total. The van der Waals surface area contributed by atoms with Gasteiger partial charge in [-0.2, -0.15) is 0 Å². The molecule has 0 radical (unpaired) electrons. The Morgan fingerprint density at radius 3 is 2.65 bits per heavy atom. The van der Waals surface area contributed by atoms with Gasteiger partial charge in [0.1, 0.15) is 5.76 Å². The number of nitrogens with zero attached hydrogens (tertiary/aromatic N) is 3. The molecule has 1 aromatic carbocycles. The van der Waals surface area contributed by atoms with E-state index >= 15 is 0 Å². The number of hydrogen-bond donors (Lipinski definition) is 2. The molecular weight excluding hydrogens is 426 g/mol. The van der Waals surface area contributed by atoms with Crippen molar-refractivity contribution in [3.05, 3.63) is 64.8 Å². The molecule has 0 spiro atoms. The molecule has 7 nitrogen and oxygen atoms in total. The maximum Gasteiger partial charge on any atom is 0.273 e. The van der Waals surface area contributed by atoms with Crippen molar-refractivity contribution >= 4 is 11.6 Å². The van der Waals surface area contributed by atoms with Gasteiger partial charge in [0.05, 0.1) is 17.4 Å². The predicted molar refractivity (Wildman–Crippen MR) is 134 cm³/mol. The van der Waals surface area contributed by atoms with Crippen LogP contribution in [0.25, 0.3) is 11.1 Å². The van der Waals surface area contributed by atoms with Crippen molar-refractivity contribution in [2.45, 2.75) is 39.7 Å². The monoisotopic (exact) mass is 457 g/mol. The van der Waals surface area contributed by atoms with Crippen molar-refractivity contribution in [3.8, 4) is 23.5 Å². The summed E-state index contributed by atoms with van der Waals surface area (Å²) in [6.07, 6.45) is 9.48. The third-order valence-corrected chi connectivity index (χ3v) is 6.09. The third kappa shape index (κ3) is 4.97. The van der Waals surface area contributed by atoms with Crippen LogP contribution >= 0.6 is 0 Å². The number of aromatic nitrogens is 2. The highest BCUT2D eigenvalue weighted by Gasteiger charge is 2.22. The van der Waals surface area contributed by atoms with Crippen LogP contribution in [0, 0.1) is 19.3 Å². The fourth-order valence-electron chi connectivity index (χ4n) is 4.06. The Hall–Kier alpha value is -3.63. The molecule has 0 bridgehead atoms. The van der Waals surface area contributed by atoms with Gasteiger partial charge >= 0.3 is 0 Å². The lowest BCUT2D eigenvalue weighted by atomic mass is 9.93. The highest BCUT2D eigenvalue weighted by molar-refractivity contribution is 5.92. The van der Waals surface area contributed by atoms with Crippen molar-refractivity contribution in [3.63, 3.8) is 0 Å². The summed E-state index contributed by atoms with van der Waals surface area (Å²) in [7, 11) is 0. The second-order valence-corrected chi connectivity index (χ2v) is 9.61. The van der Waals surface area contributed by atoms with Crippen LogP contribution in [-0.2, 0) is 12.0 Å². The minimum atomic E-state index is -0.257. The van der Waals surface area contributed by atoms with Gasteiger partial charge in [-0.1, -0.05) is 50.0 Å². The first-order valence-corrected chi connectivity index (χ1v) is 11.5. The summed E-state index contributed by atoms with van der Waals surface area (Å²) in [5, 5.41) is 10.3. The fourth-order valence-corrected chi connectivity index (χ4v) is 4.06. The zero-order valence-corrected chi connectivity index (χ0v) is 20.2. The van der Waals surface area contributed by atoms with Crippen LogP contribution in [0.3, 0.4) is 0 Å². The van der Waals surface area contributed by atoms with E-state index in [1.807, 2.05) is 40.0 Å². The van der Waals surface area contributed by atoms with Crippen LogP contribution in [-0.4, -0.2) is 42.2 Å². The summed E-state index contributed by atoms with van der Waals surface area (Å²) < 4.78 is 5.33. The molecule has 3 aromatic rings. The number of amides is 1. The Morgan fingerprint density at radius 1 is 1.24 bits per heavy atom. The minimum absolute atomic E-state index is 0.203. The zero-order chi connectivity index (χ0) is 24.3. The van der Waals surface area contributed by atoms with Crippen LogP contribution in [0.4, 0.5) is 5.69 Å². The molecule has 1 aliphatic rings. The summed E-state index contributed by atoms with van der Waals surface area (Å²) >= 11 is 0. The number of terminal acetylenes is 1. The van der Waals surface area contributed by atoms with Crippen LogP contribution in [0.1, 0.15) is 53.7 Å². The largest absolute Gasteiger partial charge is 0.367 e. The molecule has 4 rings (SSSR count). The smallest absolute Gasteiger partial charge is 0.273 e. The maximum atomic E-state index is 12.6. The van der Waals surface area contributed by atoms with Crippen molar-refractivity contribution in [2.75, 3.05) is 31.1 Å². The van der Waals surface area contributed by atoms with Crippen molar-refractivity contribution in [1.82, 2.24) is 20.8 Å². The van der Waals surface area contributed by atoms with Crippen LogP contribution < -0.4 is 15.5 Å². The number of piperazine rings is 1.